The second-order valence-electron chi connectivity index (χ2n) is 15.0. The van der Waals surface area contributed by atoms with Crippen LogP contribution in [0.15, 0.2) is 260 Å². The van der Waals surface area contributed by atoms with E-state index in [4.69, 9.17) is 21.9 Å². The predicted octanol–water partition coefficient (Wildman–Crippen LogP) is 18.0. The number of rotatable bonds is 8. The summed E-state index contributed by atoms with van der Waals surface area (Å²) in [6.07, 6.45) is 0. The highest BCUT2D eigenvalue weighted by molar-refractivity contribution is 6.05. The molecule has 0 aromatic heterocycles. The van der Waals surface area contributed by atoms with Crippen LogP contribution in [0, 0.1) is 0 Å². The number of hydrogen-bond acceptors (Lipinski definition) is 1. The first-order valence-electron chi connectivity index (χ1n) is 44.7. The van der Waals surface area contributed by atoms with Crippen LogP contribution in [0.25, 0.3) is 66.4 Å². The minimum Gasteiger partial charge on any atom is -0.310 e. The maximum Gasteiger partial charge on any atom is 0.0714 e. The fraction of sp³-hybridized carbons (Fsp3) is 0.0588. The fourth-order valence-corrected chi connectivity index (χ4v) is 8.54. The van der Waals surface area contributed by atoms with Gasteiger partial charge in [0.2, 0.25) is 0 Å². The minimum absolute atomic E-state index is 0.0332. The Hall–Kier alpha value is -8.52. The number of hydrogen-bond donors (Lipinski definition) is 0. The van der Waals surface area contributed by atoms with Crippen LogP contribution >= 0.6 is 0 Å². The molecule has 69 heavy (non-hydrogen) atoms. The largest absolute Gasteiger partial charge is 0.310 e. The van der Waals surface area contributed by atoms with Crippen molar-refractivity contribution in [2.45, 2.75) is 24.5 Å². The summed E-state index contributed by atoms with van der Waals surface area (Å²) in [4.78, 5) is -0.0332. The quantitative estimate of drug-likeness (QED) is 0.147. The number of fused-ring (bicyclic) bond motifs is 7. The van der Waals surface area contributed by atoms with Gasteiger partial charge in [-0.3, -0.25) is 0 Å². The Balaban J connectivity index is 1.33. The molecule has 1 heteroatoms. The lowest BCUT2D eigenvalue weighted by Crippen LogP contribution is -2.28. The lowest BCUT2D eigenvalue weighted by molar-refractivity contribution is 0.660. The van der Waals surface area contributed by atoms with Crippen LogP contribution in [0.4, 0.5) is 17.1 Å². The van der Waals surface area contributed by atoms with Gasteiger partial charge in [-0.25, -0.2) is 0 Å². The molecule has 0 heterocycles. The van der Waals surface area contributed by atoms with Crippen LogP contribution in [0.3, 0.4) is 0 Å². The SMILES string of the molecule is [2H]c1c([2H])c([2H])c(-c2c([2H])c([2H])c(-c3c(-c4c([2H])c([2H])c(N(c5c([2H])c([2H])c6c(c5[2H])C(C([2H])([2H])[2H])(C([2H])([2H])[2H])c5c([2H])c([2H])c([2H])c([2H])c5-6)c5c([2H])c([2H])c([2H])c6c5-c5c([2H])c([2H])c([2H])c([2H])c5C6(c5c([2H])c([2H])c([2H])c([2H])c5[2H])c5c([2H])c([2H])c([2H])c([2H])c5[2H])c([2H])c4[2H])c([2H])c([2H])c4c([2H])c([2H])c([2H])c([2H])c34)c([2H])c2[2H])c([2H])c1[2H]. The second kappa shape index (κ2) is 16.1. The third-order valence-corrected chi connectivity index (χ3v) is 11.4. The molecule has 0 fully saturated rings. The molecule has 0 unspecified atom stereocenters. The number of nitrogens with zero attached hydrogens (tertiary/aromatic N) is 1. The first kappa shape index (κ1) is 14.5. The zero-order valence-electron chi connectivity index (χ0n) is 83.4. The van der Waals surface area contributed by atoms with Crippen molar-refractivity contribution in [1.29, 1.82) is 0 Å². The van der Waals surface area contributed by atoms with Gasteiger partial charge in [0.1, 0.15) is 0 Å². The van der Waals surface area contributed by atoms with Crippen LogP contribution in [-0.2, 0) is 10.8 Å². The third-order valence-electron chi connectivity index (χ3n) is 11.4. The van der Waals surface area contributed by atoms with Gasteiger partial charge >= 0.3 is 0 Å². The second-order valence-corrected chi connectivity index (χ2v) is 15.0. The molecule has 0 N–H and O–H groups in total. The highest BCUT2D eigenvalue weighted by atomic mass is 15.1. The zero-order chi connectivity index (χ0) is 88.5. The van der Waals surface area contributed by atoms with Gasteiger partial charge in [0.05, 0.1) is 70.0 Å². The summed E-state index contributed by atoms with van der Waals surface area (Å²) in [6, 6.07) is -59.9. The van der Waals surface area contributed by atoms with E-state index in [-0.39, 0.29) is 4.90 Å². The molecule has 2 aliphatic carbocycles. The zero-order valence-corrected chi connectivity index (χ0v) is 34.4. The number of anilines is 3. The van der Waals surface area contributed by atoms with E-state index in [0.717, 1.165) is 0 Å². The van der Waals surface area contributed by atoms with E-state index in [1.165, 1.54) is 0 Å². The van der Waals surface area contributed by atoms with E-state index in [1.807, 2.05) is 0 Å². The summed E-state index contributed by atoms with van der Waals surface area (Å²) in [7, 11) is 0. The van der Waals surface area contributed by atoms with Crippen molar-refractivity contribution in [3.63, 3.8) is 0 Å². The van der Waals surface area contributed by atoms with Gasteiger partial charge in [-0.2, -0.15) is 0 Å². The van der Waals surface area contributed by atoms with E-state index < -0.39 is 401 Å². The van der Waals surface area contributed by atoms with Crippen molar-refractivity contribution in [1.82, 2.24) is 0 Å². The first-order valence-corrected chi connectivity index (χ1v) is 20.2. The van der Waals surface area contributed by atoms with Crippen LogP contribution in [0.1, 0.15) is 114 Å². The molecular weight excluding hydrogens is 831 g/mol. The maximum atomic E-state index is 10.6. The van der Waals surface area contributed by atoms with Crippen molar-refractivity contribution in [3.05, 3.63) is 293 Å². The normalized spacial score (nSPS) is 24.0. The van der Waals surface area contributed by atoms with Crippen LogP contribution in [0.2, 0.25) is 0 Å². The van der Waals surface area contributed by atoms with Gasteiger partial charge in [-0.05, 0) is 124 Å². The topological polar surface area (TPSA) is 3.24 Å². The first-order chi connectivity index (χ1) is 54.4. The standard InChI is InChI=1S/C68H49N/c1-67(2)60-29-16-14-27-57(60)58-44-42-54(45-63(58)67)69(64-32-18-31-62-66(64)59-28-15-17-30-61(59)68(62,51-22-8-4-9-23-51)52-24-10-5-11-25-52)53-40-37-49(38-41-53)56-43-39-48-21-12-13-26-55(48)65(56)50-35-33-47(34-36-50)46-19-6-3-7-20-46/h3-45H,1-2H3/i1D3,2D3,3D,4D,5D,6D,7D,8D,9D,10D,11D,12D,13D,14D,15D,16D,17D,18D,19D,20D,21D,22D,23D,24D,25D,26D,27D,28D,29D,30D,31D,32D,33D,34D,35D,36D,37D,38D,39D,40D,41D,42D,43D,44D,45D. The van der Waals surface area contributed by atoms with Gasteiger partial charge < -0.3 is 4.90 Å². The minimum atomic E-state index is -4.31. The summed E-state index contributed by atoms with van der Waals surface area (Å²) in [5, 5.41) is -2.02. The Labute approximate surface area is 474 Å². The van der Waals surface area contributed by atoms with Crippen LogP contribution in [-0.4, -0.2) is 0 Å². The smallest absolute Gasteiger partial charge is 0.0714 e. The van der Waals surface area contributed by atoms with E-state index in [0.29, 0.717) is 0 Å². The van der Waals surface area contributed by atoms with E-state index in [9.17, 15) is 45.2 Å². The van der Waals surface area contributed by atoms with Crippen molar-refractivity contribution >= 4 is 27.8 Å². The molecule has 326 valence electrons. The molecule has 11 aromatic rings. The summed E-state index contributed by atoms with van der Waals surface area (Å²) in [5.41, 5.74) is -33.5. The van der Waals surface area contributed by atoms with Crippen molar-refractivity contribution < 1.29 is 67.2 Å². The van der Waals surface area contributed by atoms with E-state index >= 15 is 0 Å². The average Bonchev–Trinajstić information content (AvgIpc) is 1.49. The summed E-state index contributed by atoms with van der Waals surface area (Å²) in [6.45, 7) is -8.61. The summed E-state index contributed by atoms with van der Waals surface area (Å²) >= 11 is 0. The van der Waals surface area contributed by atoms with Crippen molar-refractivity contribution in [3.8, 4) is 55.6 Å². The molecule has 0 radical (unpaired) electrons. The molecule has 0 aliphatic heterocycles. The van der Waals surface area contributed by atoms with Crippen LogP contribution in [0.5, 0.6) is 0 Å². The molecular formula is C68H49N. The van der Waals surface area contributed by atoms with Crippen molar-refractivity contribution in [2.75, 3.05) is 4.90 Å². The Morgan fingerprint density at radius 3 is 1.61 bits per heavy atom. The Morgan fingerprint density at radius 1 is 0.348 bits per heavy atom. The van der Waals surface area contributed by atoms with Gasteiger partial charge in [0.15, 0.2) is 0 Å². The molecule has 0 saturated carbocycles. The van der Waals surface area contributed by atoms with Gasteiger partial charge in [-0.15, -0.1) is 0 Å². The van der Waals surface area contributed by atoms with Gasteiger partial charge in [-0.1, -0.05) is 243 Å². The lowest BCUT2D eigenvalue weighted by atomic mass is 9.68. The maximum absolute atomic E-state index is 10.6. The third kappa shape index (κ3) is 6.31. The Morgan fingerprint density at radius 2 is 0.884 bits per heavy atom. The average molecular weight is 929 g/mol. The molecule has 11 aromatic carbocycles. The Bertz CT molecular complexity index is 6340. The highest BCUT2D eigenvalue weighted by Gasteiger charge is 2.47. The molecule has 0 spiro atoms. The van der Waals surface area contributed by atoms with Gasteiger partial charge in [0.25, 0.3) is 0 Å². The van der Waals surface area contributed by atoms with Gasteiger partial charge in [0, 0.05) is 30.6 Å². The van der Waals surface area contributed by atoms with Crippen LogP contribution < -0.4 is 4.90 Å². The fourth-order valence-electron chi connectivity index (χ4n) is 8.54. The molecule has 0 atom stereocenters. The molecule has 0 bridgehead atoms. The molecule has 0 saturated heterocycles. The molecule has 2 aliphatic rings. The summed E-state index contributed by atoms with van der Waals surface area (Å²) in [5.74, 6) is 0. The van der Waals surface area contributed by atoms with E-state index in [1.54, 1.807) is 0 Å². The summed E-state index contributed by atoms with van der Waals surface area (Å²) < 4.78 is 463. The molecule has 13 rings (SSSR count). The Kier molecular flexibility index (Phi) is 3.38. The predicted molar refractivity (Wildman–Crippen MR) is 290 cm³/mol. The lowest BCUT2D eigenvalue weighted by Gasteiger charge is -2.34. The monoisotopic (exact) mass is 929 g/mol. The molecule has 0 amide bonds. The molecule has 1 nitrogen and oxygen atoms in total. The van der Waals surface area contributed by atoms with E-state index in [2.05, 4.69) is 0 Å². The number of benzene rings is 11. The van der Waals surface area contributed by atoms with Crippen molar-refractivity contribution in [2.24, 2.45) is 0 Å². The highest BCUT2D eigenvalue weighted by Crippen LogP contribution is 2.60.